The molecule has 0 radical (unpaired) electrons. The van der Waals surface area contributed by atoms with Crippen LogP contribution in [0, 0.1) is 11.3 Å². The van der Waals surface area contributed by atoms with E-state index in [0.29, 0.717) is 0 Å². The van der Waals surface area contributed by atoms with Gasteiger partial charge in [0.25, 0.3) is 0 Å². The summed E-state index contributed by atoms with van der Waals surface area (Å²) in [5, 5.41) is 10.1. The van der Waals surface area contributed by atoms with Crippen LogP contribution in [-0.4, -0.2) is 39.5 Å². The molecule has 0 heterocycles. The fourth-order valence-corrected chi connectivity index (χ4v) is 3.67. The highest BCUT2D eigenvalue weighted by atomic mass is 28.4. The molecule has 0 amide bonds. The van der Waals surface area contributed by atoms with Gasteiger partial charge in [-0.3, -0.25) is 0 Å². The van der Waals surface area contributed by atoms with Gasteiger partial charge >= 0.3 is 0 Å². The lowest BCUT2D eigenvalue weighted by atomic mass is 10.0. The van der Waals surface area contributed by atoms with Crippen LogP contribution in [0.15, 0.2) is 30.3 Å². The van der Waals surface area contributed by atoms with E-state index < -0.39 is 20.2 Å². The number of nitrogens with zero attached hydrogens (tertiary/aromatic N) is 1. The summed E-state index contributed by atoms with van der Waals surface area (Å²) in [7, 11) is -0.456. The Morgan fingerprint density at radius 1 is 1.00 bits per heavy atom. The molecule has 1 unspecified atom stereocenters. The average molecular weight is 392 g/mol. The van der Waals surface area contributed by atoms with E-state index >= 15 is 0 Å². The molecule has 0 fully saturated rings. The van der Waals surface area contributed by atoms with Crippen LogP contribution in [0.2, 0.25) is 19.6 Å². The van der Waals surface area contributed by atoms with Gasteiger partial charge in [0.1, 0.15) is 11.8 Å². The van der Waals surface area contributed by atoms with Gasteiger partial charge in [0.05, 0.1) is 19.3 Å². The lowest BCUT2D eigenvalue weighted by Crippen LogP contribution is -2.52. The van der Waals surface area contributed by atoms with Crippen molar-refractivity contribution in [2.75, 3.05) is 7.11 Å². The van der Waals surface area contributed by atoms with E-state index in [4.69, 9.17) is 18.6 Å². The van der Waals surface area contributed by atoms with Gasteiger partial charge in [-0.2, -0.15) is 5.26 Å². The Bertz CT molecular complexity index is 634. The maximum Gasteiger partial charge on any atom is 0.215 e. The number of ether oxygens (including phenoxy) is 3. The Labute approximate surface area is 165 Å². The highest BCUT2D eigenvalue weighted by molar-refractivity contribution is 6.69. The van der Waals surface area contributed by atoms with Gasteiger partial charge in [0.15, 0.2) is 8.32 Å². The number of hydrogen-bond acceptors (Lipinski definition) is 5. The number of methoxy groups -OCH3 is 1. The van der Waals surface area contributed by atoms with Crippen molar-refractivity contribution in [2.24, 2.45) is 0 Å². The SMILES string of the molecule is COc1ccc(/C=C/C(C#N)(O[Si](C)(C)C)C(OC(C)C)OC(C)C)cc1. The minimum Gasteiger partial charge on any atom is -0.497 e. The van der Waals surface area contributed by atoms with E-state index in [1.165, 1.54) is 0 Å². The molecule has 1 aromatic carbocycles. The molecule has 0 saturated heterocycles. The van der Waals surface area contributed by atoms with Crippen LogP contribution in [-0.2, 0) is 13.9 Å². The molecule has 0 aliphatic heterocycles. The third-order valence-electron chi connectivity index (χ3n) is 3.43. The maximum absolute atomic E-state index is 10.1. The summed E-state index contributed by atoms with van der Waals surface area (Å²) in [5.41, 5.74) is -0.402. The van der Waals surface area contributed by atoms with E-state index in [0.717, 1.165) is 11.3 Å². The molecule has 0 aliphatic rings. The first-order valence-electron chi connectivity index (χ1n) is 9.27. The van der Waals surface area contributed by atoms with Gasteiger partial charge in [0, 0.05) is 0 Å². The van der Waals surface area contributed by atoms with Gasteiger partial charge in [0.2, 0.25) is 11.9 Å². The van der Waals surface area contributed by atoms with Gasteiger partial charge in [-0.1, -0.05) is 18.2 Å². The van der Waals surface area contributed by atoms with Gasteiger partial charge in [-0.25, -0.2) is 0 Å². The highest BCUT2D eigenvalue weighted by Gasteiger charge is 2.44. The molecule has 6 heteroatoms. The number of hydrogen-bond donors (Lipinski definition) is 0. The predicted molar refractivity (Wildman–Crippen MR) is 111 cm³/mol. The van der Waals surface area contributed by atoms with E-state index in [2.05, 4.69) is 6.07 Å². The van der Waals surface area contributed by atoms with Crippen molar-refractivity contribution in [3.8, 4) is 11.8 Å². The van der Waals surface area contributed by atoms with E-state index in [1.54, 1.807) is 13.2 Å². The standard InChI is InChI=1S/C21H33NO4Si/c1-16(2)24-20(25-17(3)4)21(15-22,26-27(6,7)8)14-13-18-9-11-19(23-5)12-10-18/h9-14,16-17,20H,1-8H3/b14-13+. The predicted octanol–water partition coefficient (Wildman–Crippen LogP) is 5.00. The molecule has 0 aliphatic carbocycles. The van der Waals surface area contributed by atoms with Crippen LogP contribution in [0.4, 0.5) is 0 Å². The zero-order valence-corrected chi connectivity index (χ0v) is 18.8. The third kappa shape index (κ3) is 7.85. The second-order valence-corrected chi connectivity index (χ2v) is 12.4. The number of rotatable bonds is 10. The summed E-state index contributed by atoms with van der Waals surface area (Å²) in [6.07, 6.45) is 2.57. The fraction of sp³-hybridized carbons (Fsp3) is 0.571. The molecule has 0 spiro atoms. The van der Waals surface area contributed by atoms with Gasteiger partial charge in [-0.05, 0) is 71.1 Å². The summed E-state index contributed by atoms with van der Waals surface area (Å²) < 4.78 is 23.5. The largest absolute Gasteiger partial charge is 0.497 e. The molecule has 0 N–H and O–H groups in total. The quantitative estimate of drug-likeness (QED) is 0.415. The van der Waals surface area contributed by atoms with E-state index in [1.807, 2.05) is 77.7 Å². The summed E-state index contributed by atoms with van der Waals surface area (Å²) >= 11 is 0. The number of nitriles is 1. The van der Waals surface area contributed by atoms with Crippen molar-refractivity contribution in [1.82, 2.24) is 0 Å². The summed E-state index contributed by atoms with van der Waals surface area (Å²) in [6.45, 7) is 13.8. The van der Waals surface area contributed by atoms with Crippen molar-refractivity contribution in [2.45, 2.75) is 71.4 Å². The molecule has 0 bridgehead atoms. The molecule has 1 rings (SSSR count). The Balaban J connectivity index is 3.32. The average Bonchev–Trinajstić information content (AvgIpc) is 2.56. The Morgan fingerprint density at radius 3 is 1.89 bits per heavy atom. The minimum atomic E-state index is -2.09. The molecule has 0 aromatic heterocycles. The molecule has 0 saturated carbocycles. The van der Waals surface area contributed by atoms with Crippen molar-refractivity contribution >= 4 is 14.4 Å². The van der Waals surface area contributed by atoms with E-state index in [9.17, 15) is 5.26 Å². The van der Waals surface area contributed by atoms with Crippen LogP contribution in [0.1, 0.15) is 33.3 Å². The monoisotopic (exact) mass is 391 g/mol. The Hall–Kier alpha value is -1.65. The normalized spacial score (nSPS) is 14.7. The smallest absolute Gasteiger partial charge is 0.215 e. The first-order chi connectivity index (χ1) is 12.5. The molecule has 150 valence electrons. The van der Waals surface area contributed by atoms with Crippen molar-refractivity contribution in [3.63, 3.8) is 0 Å². The first kappa shape index (κ1) is 23.4. The zero-order valence-electron chi connectivity index (χ0n) is 17.8. The molecule has 1 aromatic rings. The van der Waals surface area contributed by atoms with Crippen LogP contribution in [0.5, 0.6) is 5.75 Å². The first-order valence-corrected chi connectivity index (χ1v) is 12.7. The molecule has 27 heavy (non-hydrogen) atoms. The second kappa shape index (κ2) is 10.0. The van der Waals surface area contributed by atoms with Crippen LogP contribution in [0.25, 0.3) is 6.08 Å². The van der Waals surface area contributed by atoms with Crippen molar-refractivity contribution in [1.29, 1.82) is 5.26 Å². The zero-order chi connectivity index (χ0) is 20.7. The Morgan fingerprint density at radius 2 is 1.52 bits per heavy atom. The van der Waals surface area contributed by atoms with Gasteiger partial charge in [-0.15, -0.1) is 0 Å². The van der Waals surface area contributed by atoms with Crippen molar-refractivity contribution < 1.29 is 18.6 Å². The molecular weight excluding hydrogens is 358 g/mol. The fourth-order valence-electron chi connectivity index (χ4n) is 2.44. The van der Waals surface area contributed by atoms with Crippen molar-refractivity contribution in [3.05, 3.63) is 35.9 Å². The van der Waals surface area contributed by atoms with E-state index in [-0.39, 0.29) is 12.2 Å². The summed E-state index contributed by atoms with van der Waals surface area (Å²) in [6, 6.07) is 9.92. The van der Waals surface area contributed by atoms with Crippen LogP contribution >= 0.6 is 0 Å². The lowest BCUT2D eigenvalue weighted by molar-refractivity contribution is -0.229. The van der Waals surface area contributed by atoms with Crippen LogP contribution < -0.4 is 4.74 Å². The van der Waals surface area contributed by atoms with Crippen LogP contribution in [0.3, 0.4) is 0 Å². The molecule has 5 nitrogen and oxygen atoms in total. The number of benzene rings is 1. The highest BCUT2D eigenvalue weighted by Crippen LogP contribution is 2.29. The summed E-state index contributed by atoms with van der Waals surface area (Å²) in [5.74, 6) is 0.779. The second-order valence-electron chi connectivity index (χ2n) is 7.93. The third-order valence-corrected chi connectivity index (χ3v) is 4.38. The summed E-state index contributed by atoms with van der Waals surface area (Å²) in [4.78, 5) is 0. The topological polar surface area (TPSA) is 60.7 Å². The lowest BCUT2D eigenvalue weighted by Gasteiger charge is -2.38. The molecular formula is C21H33NO4Si. The maximum atomic E-state index is 10.1. The van der Waals surface area contributed by atoms with Gasteiger partial charge < -0.3 is 18.6 Å². The Kier molecular flexibility index (Phi) is 8.70. The molecule has 1 atom stereocenters. The minimum absolute atomic E-state index is 0.110.